The molecule has 1 aliphatic rings. The lowest BCUT2D eigenvalue weighted by Crippen LogP contribution is -2.38. The molecule has 4 nitrogen and oxygen atoms in total. The molecule has 0 aromatic carbocycles. The molecule has 2 heterocycles. The zero-order valence-electron chi connectivity index (χ0n) is 12.8. The van der Waals surface area contributed by atoms with Crippen LogP contribution >= 0.6 is 0 Å². The highest BCUT2D eigenvalue weighted by Gasteiger charge is 2.21. The van der Waals surface area contributed by atoms with Gasteiger partial charge in [-0.25, -0.2) is 0 Å². The Hall–Kier alpha value is -0.870. The highest BCUT2D eigenvalue weighted by Crippen LogP contribution is 2.14. The highest BCUT2D eigenvalue weighted by atomic mass is 15.3. The van der Waals surface area contributed by atoms with Gasteiger partial charge in [0.25, 0.3) is 0 Å². The fourth-order valence-corrected chi connectivity index (χ4v) is 2.64. The molecule has 3 atom stereocenters. The van der Waals surface area contributed by atoms with Gasteiger partial charge in [-0.05, 0) is 46.2 Å². The lowest BCUT2D eigenvalue weighted by atomic mass is 10.2. The molecular formula is C15H28N4. The summed E-state index contributed by atoms with van der Waals surface area (Å²) in [5, 5.41) is 8.28. The van der Waals surface area contributed by atoms with Crippen molar-refractivity contribution in [3.63, 3.8) is 0 Å². The molecule has 0 amide bonds. The van der Waals surface area contributed by atoms with Crippen LogP contribution in [0, 0.1) is 0 Å². The first-order valence-electron chi connectivity index (χ1n) is 7.61. The molecule has 0 spiro atoms. The molecular weight excluding hydrogens is 236 g/mol. The van der Waals surface area contributed by atoms with Gasteiger partial charge in [0.05, 0.1) is 5.69 Å². The summed E-state index contributed by atoms with van der Waals surface area (Å²) in [4.78, 5) is 2.55. The van der Waals surface area contributed by atoms with Gasteiger partial charge < -0.3 is 5.32 Å². The zero-order chi connectivity index (χ0) is 13.8. The van der Waals surface area contributed by atoms with Crippen molar-refractivity contribution in [2.75, 3.05) is 13.1 Å². The van der Waals surface area contributed by atoms with Gasteiger partial charge in [0.15, 0.2) is 0 Å². The van der Waals surface area contributed by atoms with E-state index in [1.54, 1.807) is 0 Å². The van der Waals surface area contributed by atoms with Crippen LogP contribution in [0.15, 0.2) is 12.3 Å². The molecule has 0 aliphatic carbocycles. The Labute approximate surface area is 117 Å². The quantitative estimate of drug-likeness (QED) is 0.906. The molecule has 108 valence electrons. The van der Waals surface area contributed by atoms with Crippen LogP contribution in [0.5, 0.6) is 0 Å². The minimum atomic E-state index is 0.496. The predicted molar refractivity (Wildman–Crippen MR) is 79.2 cm³/mol. The number of rotatable bonds is 4. The zero-order valence-corrected chi connectivity index (χ0v) is 12.8. The van der Waals surface area contributed by atoms with Gasteiger partial charge in [-0.2, -0.15) is 5.10 Å². The smallest absolute Gasteiger partial charge is 0.0765 e. The number of hydrogen-bond acceptors (Lipinski definition) is 3. The van der Waals surface area contributed by atoms with E-state index in [0.29, 0.717) is 18.1 Å². The van der Waals surface area contributed by atoms with E-state index in [4.69, 9.17) is 5.10 Å². The molecule has 3 unspecified atom stereocenters. The van der Waals surface area contributed by atoms with E-state index in [1.165, 1.54) is 12.1 Å². The molecule has 0 bridgehead atoms. The Balaban J connectivity index is 2.00. The van der Waals surface area contributed by atoms with Gasteiger partial charge in [-0.15, -0.1) is 0 Å². The molecule has 1 aromatic rings. The minimum absolute atomic E-state index is 0.496. The van der Waals surface area contributed by atoms with Gasteiger partial charge in [0.2, 0.25) is 0 Å². The Morgan fingerprint density at radius 2 is 2.26 bits per heavy atom. The van der Waals surface area contributed by atoms with E-state index in [9.17, 15) is 0 Å². The fraction of sp³-hybridized carbons (Fsp3) is 0.800. The summed E-state index contributed by atoms with van der Waals surface area (Å²) in [6.07, 6.45) is 4.46. The molecule has 0 radical (unpaired) electrons. The first kappa shape index (κ1) is 14.5. The van der Waals surface area contributed by atoms with E-state index in [2.05, 4.69) is 54.9 Å². The standard InChI is InChI=1S/C15H28N4/c1-5-13(3)19-9-7-15(17-19)11-18-10-12(2)16-8-6-14(18)4/h7,9,12-14,16H,5-6,8,10-11H2,1-4H3. The van der Waals surface area contributed by atoms with Crippen molar-refractivity contribution in [2.24, 2.45) is 0 Å². The Morgan fingerprint density at radius 1 is 1.47 bits per heavy atom. The first-order chi connectivity index (χ1) is 9.10. The summed E-state index contributed by atoms with van der Waals surface area (Å²) in [5.74, 6) is 0. The van der Waals surface area contributed by atoms with Crippen molar-refractivity contribution in [1.82, 2.24) is 20.0 Å². The van der Waals surface area contributed by atoms with Crippen LogP contribution < -0.4 is 5.32 Å². The van der Waals surface area contributed by atoms with Crippen LogP contribution in [0.4, 0.5) is 0 Å². The number of aromatic nitrogens is 2. The van der Waals surface area contributed by atoms with Crippen LogP contribution in [0.3, 0.4) is 0 Å². The van der Waals surface area contributed by atoms with Crippen molar-refractivity contribution < 1.29 is 0 Å². The second-order valence-corrected chi connectivity index (χ2v) is 5.97. The van der Waals surface area contributed by atoms with E-state index in [1.807, 2.05) is 0 Å². The number of nitrogens with one attached hydrogen (secondary N) is 1. The van der Waals surface area contributed by atoms with E-state index in [-0.39, 0.29) is 0 Å². The van der Waals surface area contributed by atoms with Crippen LogP contribution in [0.2, 0.25) is 0 Å². The second-order valence-electron chi connectivity index (χ2n) is 5.97. The maximum atomic E-state index is 4.72. The number of nitrogens with zero attached hydrogens (tertiary/aromatic N) is 3. The van der Waals surface area contributed by atoms with Gasteiger partial charge >= 0.3 is 0 Å². The molecule has 2 rings (SSSR count). The third-order valence-corrected chi connectivity index (χ3v) is 4.26. The summed E-state index contributed by atoms with van der Waals surface area (Å²) < 4.78 is 2.10. The van der Waals surface area contributed by atoms with Crippen molar-refractivity contribution in [1.29, 1.82) is 0 Å². The van der Waals surface area contributed by atoms with Crippen molar-refractivity contribution in [3.05, 3.63) is 18.0 Å². The lowest BCUT2D eigenvalue weighted by Gasteiger charge is -2.27. The van der Waals surface area contributed by atoms with Gasteiger partial charge in [0.1, 0.15) is 0 Å². The Bertz CT molecular complexity index is 387. The van der Waals surface area contributed by atoms with Gasteiger partial charge in [-0.1, -0.05) is 6.92 Å². The summed E-state index contributed by atoms with van der Waals surface area (Å²) in [5.41, 5.74) is 1.20. The Morgan fingerprint density at radius 3 is 3.00 bits per heavy atom. The van der Waals surface area contributed by atoms with Crippen molar-refractivity contribution >= 4 is 0 Å². The molecule has 1 aromatic heterocycles. The monoisotopic (exact) mass is 264 g/mol. The average Bonchev–Trinajstić information content (AvgIpc) is 2.79. The molecule has 19 heavy (non-hydrogen) atoms. The molecule has 1 saturated heterocycles. The summed E-state index contributed by atoms with van der Waals surface area (Å²) in [7, 11) is 0. The number of hydrogen-bond donors (Lipinski definition) is 1. The molecule has 4 heteroatoms. The average molecular weight is 264 g/mol. The molecule has 1 aliphatic heterocycles. The maximum Gasteiger partial charge on any atom is 0.0765 e. The van der Waals surface area contributed by atoms with E-state index >= 15 is 0 Å². The fourth-order valence-electron chi connectivity index (χ4n) is 2.64. The van der Waals surface area contributed by atoms with Crippen molar-refractivity contribution in [2.45, 2.75) is 65.2 Å². The van der Waals surface area contributed by atoms with Gasteiger partial charge in [-0.3, -0.25) is 9.58 Å². The third kappa shape index (κ3) is 3.80. The molecule has 1 fully saturated rings. The normalized spacial score (nSPS) is 27.2. The SMILES string of the molecule is CCC(C)n1ccc(CN2CC(C)NCCC2C)n1. The lowest BCUT2D eigenvalue weighted by molar-refractivity contribution is 0.195. The second kappa shape index (κ2) is 6.53. The van der Waals surface area contributed by atoms with Crippen LogP contribution in [0.25, 0.3) is 0 Å². The van der Waals surface area contributed by atoms with Crippen molar-refractivity contribution in [3.8, 4) is 0 Å². The Kier molecular flexibility index (Phi) is 4.99. The van der Waals surface area contributed by atoms with E-state index < -0.39 is 0 Å². The summed E-state index contributed by atoms with van der Waals surface area (Å²) in [6, 6.07) is 3.87. The van der Waals surface area contributed by atoms with Crippen LogP contribution in [-0.2, 0) is 6.54 Å². The van der Waals surface area contributed by atoms with Gasteiger partial charge in [0, 0.05) is 37.4 Å². The van der Waals surface area contributed by atoms with Crippen LogP contribution in [0.1, 0.15) is 52.3 Å². The van der Waals surface area contributed by atoms with Crippen LogP contribution in [-0.4, -0.2) is 39.9 Å². The first-order valence-corrected chi connectivity index (χ1v) is 7.61. The summed E-state index contributed by atoms with van der Waals surface area (Å²) in [6.45, 7) is 12.2. The topological polar surface area (TPSA) is 33.1 Å². The minimum Gasteiger partial charge on any atom is -0.313 e. The predicted octanol–water partition coefficient (Wildman–Crippen LogP) is 2.43. The molecule has 1 N–H and O–H groups in total. The largest absolute Gasteiger partial charge is 0.313 e. The third-order valence-electron chi connectivity index (χ3n) is 4.26. The van der Waals surface area contributed by atoms with E-state index in [0.717, 1.165) is 26.1 Å². The highest BCUT2D eigenvalue weighted by molar-refractivity contribution is 5.00. The maximum absolute atomic E-state index is 4.72. The molecule has 0 saturated carbocycles. The summed E-state index contributed by atoms with van der Waals surface area (Å²) >= 11 is 0.